The van der Waals surface area contributed by atoms with Gasteiger partial charge in [-0.05, 0) is 17.5 Å². The van der Waals surface area contributed by atoms with Gasteiger partial charge in [0.15, 0.2) is 5.96 Å². The van der Waals surface area contributed by atoms with Gasteiger partial charge in [-0.3, -0.25) is 9.79 Å². The van der Waals surface area contributed by atoms with Crippen LogP contribution in [0.25, 0.3) is 0 Å². The molecule has 1 amide bonds. The van der Waals surface area contributed by atoms with Gasteiger partial charge in [0.25, 0.3) is 0 Å². The summed E-state index contributed by atoms with van der Waals surface area (Å²) in [5.41, 5.74) is 0.0176. The highest BCUT2D eigenvalue weighted by molar-refractivity contribution is 7.10. The van der Waals surface area contributed by atoms with Crippen LogP contribution < -0.4 is 15.5 Å². The number of rotatable bonds is 7. The normalized spacial score (nSPS) is 15.2. The number of aliphatic imine (C=N–C) groups is 1. The van der Waals surface area contributed by atoms with Crippen LogP contribution in [0.3, 0.4) is 0 Å². The standard InChI is InChI=1S/C21H31N7OS/c1-21(2,17-6-4-15-30-17)16-26-19(22-3)23-10-7-18(29)27-11-13-28(14-12-27)20-24-8-5-9-25-20/h4-6,8-9,15H,7,10-14,16H2,1-3H3,(H2,22,23,26). The summed E-state index contributed by atoms with van der Waals surface area (Å²) in [6.45, 7) is 8.64. The van der Waals surface area contributed by atoms with Crippen LogP contribution >= 0.6 is 11.3 Å². The fraction of sp³-hybridized carbons (Fsp3) is 0.524. The van der Waals surface area contributed by atoms with Gasteiger partial charge in [0.2, 0.25) is 11.9 Å². The molecule has 1 fully saturated rings. The summed E-state index contributed by atoms with van der Waals surface area (Å²) in [4.78, 5) is 30.8. The minimum atomic E-state index is 0.0176. The smallest absolute Gasteiger partial charge is 0.225 e. The third-order valence-electron chi connectivity index (χ3n) is 5.21. The lowest BCUT2D eigenvalue weighted by molar-refractivity contribution is -0.131. The molecule has 3 rings (SSSR count). The van der Waals surface area contributed by atoms with E-state index in [-0.39, 0.29) is 11.3 Å². The van der Waals surface area contributed by atoms with Crippen LogP contribution in [0.1, 0.15) is 25.1 Å². The van der Waals surface area contributed by atoms with Crippen molar-refractivity contribution < 1.29 is 4.79 Å². The van der Waals surface area contributed by atoms with Crippen LogP contribution in [0.15, 0.2) is 41.0 Å². The molecule has 0 bridgehead atoms. The van der Waals surface area contributed by atoms with Gasteiger partial charge in [-0.15, -0.1) is 11.3 Å². The second-order valence-electron chi connectivity index (χ2n) is 7.88. The number of nitrogens with one attached hydrogen (secondary N) is 2. The first-order valence-electron chi connectivity index (χ1n) is 10.3. The average molecular weight is 430 g/mol. The molecule has 1 saturated heterocycles. The summed E-state index contributed by atoms with van der Waals surface area (Å²) in [6, 6.07) is 6.04. The van der Waals surface area contributed by atoms with Gasteiger partial charge < -0.3 is 20.4 Å². The lowest BCUT2D eigenvalue weighted by Gasteiger charge is -2.34. The summed E-state index contributed by atoms with van der Waals surface area (Å²) in [7, 11) is 1.75. The van der Waals surface area contributed by atoms with Crippen LogP contribution in [-0.4, -0.2) is 73.1 Å². The molecule has 9 heteroatoms. The van der Waals surface area contributed by atoms with Gasteiger partial charge in [0.05, 0.1) is 0 Å². The molecule has 162 valence electrons. The minimum absolute atomic E-state index is 0.0176. The Labute approximate surface area is 182 Å². The maximum absolute atomic E-state index is 12.6. The molecule has 1 aliphatic rings. The van der Waals surface area contributed by atoms with Crippen LogP contribution in [0.5, 0.6) is 0 Å². The van der Waals surface area contributed by atoms with Crippen molar-refractivity contribution in [3.63, 3.8) is 0 Å². The van der Waals surface area contributed by atoms with E-state index >= 15 is 0 Å². The zero-order valence-electron chi connectivity index (χ0n) is 18.0. The number of hydrogen-bond acceptors (Lipinski definition) is 6. The molecule has 2 aromatic rings. The molecular weight excluding hydrogens is 398 g/mol. The fourth-order valence-corrected chi connectivity index (χ4v) is 4.18. The second-order valence-corrected chi connectivity index (χ2v) is 8.83. The molecule has 30 heavy (non-hydrogen) atoms. The van der Waals surface area contributed by atoms with E-state index < -0.39 is 0 Å². The first-order chi connectivity index (χ1) is 14.5. The van der Waals surface area contributed by atoms with E-state index in [9.17, 15) is 4.79 Å². The van der Waals surface area contributed by atoms with E-state index in [1.165, 1.54) is 4.88 Å². The van der Waals surface area contributed by atoms with Crippen molar-refractivity contribution in [1.29, 1.82) is 0 Å². The molecule has 2 N–H and O–H groups in total. The first-order valence-corrected chi connectivity index (χ1v) is 11.2. The van der Waals surface area contributed by atoms with Gasteiger partial charge >= 0.3 is 0 Å². The highest BCUT2D eigenvalue weighted by Crippen LogP contribution is 2.26. The Balaban J connectivity index is 1.37. The van der Waals surface area contributed by atoms with E-state index in [0.717, 1.165) is 31.5 Å². The molecule has 8 nitrogen and oxygen atoms in total. The van der Waals surface area contributed by atoms with E-state index in [1.54, 1.807) is 30.8 Å². The summed E-state index contributed by atoms with van der Waals surface area (Å²) in [6.07, 6.45) is 3.93. The van der Waals surface area contributed by atoms with Crippen LogP contribution in [0, 0.1) is 0 Å². The number of amides is 1. The Morgan fingerprint density at radius 3 is 2.53 bits per heavy atom. The Kier molecular flexibility index (Phi) is 7.62. The van der Waals surface area contributed by atoms with Crippen LogP contribution in [0.4, 0.5) is 5.95 Å². The SMILES string of the molecule is CN=C(NCCC(=O)N1CCN(c2ncccn2)CC1)NCC(C)(C)c1cccs1. The van der Waals surface area contributed by atoms with Crippen molar-refractivity contribution in [2.24, 2.45) is 4.99 Å². The number of carbonyl (C=O) groups is 1. The van der Waals surface area contributed by atoms with Gasteiger partial charge in [-0.1, -0.05) is 19.9 Å². The summed E-state index contributed by atoms with van der Waals surface area (Å²) in [5.74, 6) is 1.61. The molecule has 2 aromatic heterocycles. The molecule has 1 aliphatic heterocycles. The third-order valence-corrected chi connectivity index (χ3v) is 6.44. The van der Waals surface area contributed by atoms with Crippen molar-refractivity contribution in [1.82, 2.24) is 25.5 Å². The maximum Gasteiger partial charge on any atom is 0.225 e. The number of thiophene rings is 1. The number of aromatic nitrogens is 2. The van der Waals surface area contributed by atoms with Crippen LogP contribution in [0.2, 0.25) is 0 Å². The van der Waals surface area contributed by atoms with Gasteiger partial charge in [-0.2, -0.15) is 0 Å². The predicted octanol–water partition coefficient (Wildman–Crippen LogP) is 1.72. The maximum atomic E-state index is 12.6. The van der Waals surface area contributed by atoms with Crippen molar-refractivity contribution >= 4 is 29.2 Å². The number of piperazine rings is 1. The Morgan fingerprint density at radius 2 is 1.90 bits per heavy atom. The van der Waals surface area contributed by atoms with E-state index in [0.29, 0.717) is 26.1 Å². The van der Waals surface area contributed by atoms with Gasteiger partial charge in [0, 0.05) is 75.4 Å². The third kappa shape index (κ3) is 5.91. The second kappa shape index (κ2) is 10.4. The predicted molar refractivity (Wildman–Crippen MR) is 122 cm³/mol. The van der Waals surface area contributed by atoms with Crippen molar-refractivity contribution in [3.8, 4) is 0 Å². The number of carbonyl (C=O) groups excluding carboxylic acids is 1. The molecule has 0 saturated carbocycles. The number of guanidine groups is 1. The van der Waals surface area contributed by atoms with Gasteiger partial charge in [0.1, 0.15) is 0 Å². The molecule has 0 aromatic carbocycles. The highest BCUT2D eigenvalue weighted by atomic mass is 32.1. The first kappa shape index (κ1) is 22.0. The van der Waals surface area contributed by atoms with Crippen molar-refractivity contribution in [2.75, 3.05) is 51.2 Å². The quantitative estimate of drug-likeness (QED) is 0.515. The number of anilines is 1. The number of nitrogens with zero attached hydrogens (tertiary/aromatic N) is 5. The van der Waals surface area contributed by atoms with Gasteiger partial charge in [-0.25, -0.2) is 9.97 Å². The molecule has 0 aliphatic carbocycles. The Morgan fingerprint density at radius 1 is 1.17 bits per heavy atom. The molecule has 0 atom stereocenters. The molecule has 0 spiro atoms. The summed E-state index contributed by atoms with van der Waals surface area (Å²) in [5, 5.41) is 8.73. The van der Waals surface area contributed by atoms with E-state index in [2.05, 4.69) is 61.9 Å². The van der Waals surface area contributed by atoms with Crippen molar-refractivity contribution in [2.45, 2.75) is 25.7 Å². The monoisotopic (exact) mass is 429 g/mol. The lowest BCUT2D eigenvalue weighted by atomic mass is 9.91. The minimum Gasteiger partial charge on any atom is -0.356 e. The summed E-state index contributed by atoms with van der Waals surface area (Å²) < 4.78 is 0. The molecular formula is C21H31N7OS. The zero-order chi connectivity index (χ0) is 21.4. The number of hydrogen-bond donors (Lipinski definition) is 2. The molecule has 0 unspecified atom stereocenters. The van der Waals surface area contributed by atoms with Crippen LogP contribution in [-0.2, 0) is 10.2 Å². The fourth-order valence-electron chi connectivity index (χ4n) is 3.33. The topological polar surface area (TPSA) is 85.8 Å². The summed E-state index contributed by atoms with van der Waals surface area (Å²) >= 11 is 1.76. The van der Waals surface area contributed by atoms with Crippen molar-refractivity contribution in [3.05, 3.63) is 40.8 Å². The Bertz CT molecular complexity index is 815. The highest BCUT2D eigenvalue weighted by Gasteiger charge is 2.23. The average Bonchev–Trinajstić information content (AvgIpc) is 3.33. The van der Waals surface area contributed by atoms with E-state index in [4.69, 9.17) is 0 Å². The molecule has 3 heterocycles. The lowest BCUT2D eigenvalue weighted by Crippen LogP contribution is -2.50. The Hall–Kier alpha value is -2.68. The van der Waals surface area contributed by atoms with E-state index in [1.807, 2.05) is 11.0 Å². The zero-order valence-corrected chi connectivity index (χ0v) is 18.8. The molecule has 0 radical (unpaired) electrons. The largest absolute Gasteiger partial charge is 0.356 e.